The molecule has 3 nitrogen and oxygen atoms in total. The molecule has 0 heterocycles. The molecule has 14 heavy (non-hydrogen) atoms. The third-order valence-corrected chi connectivity index (χ3v) is 2.10. The first-order valence-electron chi connectivity index (χ1n) is 4.53. The number of carboxylic acids is 1. The van der Waals surface area contributed by atoms with Gasteiger partial charge in [-0.05, 0) is 24.1 Å². The fourth-order valence-corrected chi connectivity index (χ4v) is 1.33. The Bertz CT molecular complexity index is 254. The van der Waals surface area contributed by atoms with Crippen molar-refractivity contribution in [1.29, 1.82) is 0 Å². The zero-order valence-electron chi connectivity index (χ0n) is 8.73. The van der Waals surface area contributed by atoms with Crippen LogP contribution in [0.2, 0.25) is 0 Å². The van der Waals surface area contributed by atoms with Crippen LogP contribution in [0.3, 0.4) is 0 Å². The molecule has 78 valence electrons. The van der Waals surface area contributed by atoms with Crippen molar-refractivity contribution in [3.05, 3.63) is 24.4 Å². The highest BCUT2D eigenvalue weighted by Crippen LogP contribution is 2.24. The maximum Gasteiger partial charge on any atom is 0.303 e. The monoisotopic (exact) mass is 195 g/mol. The van der Waals surface area contributed by atoms with Gasteiger partial charge in [0.25, 0.3) is 0 Å². The largest absolute Gasteiger partial charge is 0.481 e. The zero-order valence-corrected chi connectivity index (χ0v) is 8.73. The average molecular weight is 195 g/mol. The lowest BCUT2D eigenvalue weighted by atomic mass is 9.86. The van der Waals surface area contributed by atoms with Crippen LogP contribution in [-0.4, -0.2) is 17.8 Å². The minimum atomic E-state index is -0.805. The van der Waals surface area contributed by atoms with Crippen LogP contribution < -0.4 is 0 Å². The van der Waals surface area contributed by atoms with E-state index in [1.165, 1.54) is 0 Å². The zero-order chi connectivity index (χ0) is 11.1. The molecule has 0 rings (SSSR count). The van der Waals surface area contributed by atoms with Crippen LogP contribution in [0.5, 0.6) is 0 Å². The number of carbonyl (C=O) groups is 1. The van der Waals surface area contributed by atoms with Crippen molar-refractivity contribution in [3.63, 3.8) is 0 Å². The summed E-state index contributed by atoms with van der Waals surface area (Å²) in [6.45, 7) is 10.9. The number of hydrogen-bond acceptors (Lipinski definition) is 2. The Morgan fingerprint density at radius 1 is 1.57 bits per heavy atom. The second-order valence-corrected chi connectivity index (χ2v) is 3.46. The Kier molecular flexibility index (Phi) is 5.53. The van der Waals surface area contributed by atoms with Gasteiger partial charge >= 0.3 is 5.97 Å². The van der Waals surface area contributed by atoms with Gasteiger partial charge in [0.1, 0.15) is 0 Å². The summed E-state index contributed by atoms with van der Waals surface area (Å²) < 4.78 is 0. The van der Waals surface area contributed by atoms with Crippen molar-refractivity contribution in [1.82, 2.24) is 0 Å². The van der Waals surface area contributed by atoms with Gasteiger partial charge in [0.05, 0.1) is 6.42 Å². The lowest BCUT2D eigenvalue weighted by Crippen LogP contribution is -2.15. The van der Waals surface area contributed by atoms with Gasteiger partial charge in [-0.25, -0.2) is 0 Å². The molecule has 0 aliphatic rings. The molecule has 0 amide bonds. The first-order valence-corrected chi connectivity index (χ1v) is 4.53. The second-order valence-electron chi connectivity index (χ2n) is 3.46. The summed E-state index contributed by atoms with van der Waals surface area (Å²) >= 11 is 0. The standard InChI is InChI=1S/C11H17NO2/c1-5-9(7-12-4)10(8(2)3)6-11(13)14/h5,7-8,10H,1,4,6H2,2-3H3,(H,13,14)/b9-7+. The number of nitrogens with zero attached hydrogens (tertiary/aromatic N) is 1. The molecule has 0 aliphatic carbocycles. The molecule has 0 aromatic heterocycles. The predicted molar refractivity (Wildman–Crippen MR) is 58.4 cm³/mol. The molecule has 0 aromatic rings. The highest BCUT2D eigenvalue weighted by atomic mass is 16.4. The number of rotatable bonds is 6. The maximum atomic E-state index is 10.6. The summed E-state index contributed by atoms with van der Waals surface area (Å²) in [6, 6.07) is 0. The van der Waals surface area contributed by atoms with Gasteiger partial charge in [-0.2, -0.15) is 0 Å². The summed E-state index contributed by atoms with van der Waals surface area (Å²) in [7, 11) is 0. The molecule has 1 atom stereocenters. The van der Waals surface area contributed by atoms with Crippen molar-refractivity contribution in [2.24, 2.45) is 16.8 Å². The normalized spacial score (nSPS) is 13.8. The van der Waals surface area contributed by atoms with Gasteiger partial charge in [0, 0.05) is 6.20 Å². The summed E-state index contributed by atoms with van der Waals surface area (Å²) in [5.74, 6) is -0.604. The van der Waals surface area contributed by atoms with Crippen LogP contribution >= 0.6 is 0 Å². The van der Waals surface area contributed by atoms with Crippen molar-refractivity contribution in [2.45, 2.75) is 20.3 Å². The van der Waals surface area contributed by atoms with E-state index in [0.29, 0.717) is 0 Å². The molecule has 1 N–H and O–H groups in total. The number of hydrogen-bond donors (Lipinski definition) is 1. The Morgan fingerprint density at radius 2 is 2.14 bits per heavy atom. The summed E-state index contributed by atoms with van der Waals surface area (Å²) in [5.41, 5.74) is 0.831. The molecular formula is C11H17NO2. The summed E-state index contributed by atoms with van der Waals surface area (Å²) in [4.78, 5) is 14.3. The van der Waals surface area contributed by atoms with Crippen LogP contribution in [-0.2, 0) is 4.79 Å². The van der Waals surface area contributed by atoms with Gasteiger partial charge < -0.3 is 5.11 Å². The smallest absolute Gasteiger partial charge is 0.303 e. The molecule has 0 aliphatic heterocycles. The van der Waals surface area contributed by atoms with Crippen LogP contribution in [0.25, 0.3) is 0 Å². The molecule has 0 aromatic carbocycles. The molecule has 0 saturated carbocycles. The average Bonchev–Trinajstić information content (AvgIpc) is 2.10. The van der Waals surface area contributed by atoms with Crippen molar-refractivity contribution < 1.29 is 9.90 Å². The molecule has 0 bridgehead atoms. The minimum Gasteiger partial charge on any atom is -0.481 e. The Morgan fingerprint density at radius 3 is 2.43 bits per heavy atom. The van der Waals surface area contributed by atoms with Gasteiger partial charge in [-0.3, -0.25) is 9.79 Å². The molecule has 1 unspecified atom stereocenters. The van der Waals surface area contributed by atoms with Crippen molar-refractivity contribution in [3.8, 4) is 0 Å². The quantitative estimate of drug-likeness (QED) is 0.523. The van der Waals surface area contributed by atoms with Gasteiger partial charge in [0.2, 0.25) is 0 Å². The Balaban J connectivity index is 4.77. The molecule has 0 spiro atoms. The molecule has 0 saturated heterocycles. The minimum absolute atomic E-state index is 0.0458. The topological polar surface area (TPSA) is 49.7 Å². The second kappa shape index (κ2) is 6.13. The van der Waals surface area contributed by atoms with E-state index in [4.69, 9.17) is 5.11 Å². The van der Waals surface area contributed by atoms with Gasteiger partial charge in [-0.15, -0.1) is 0 Å². The SMILES string of the molecule is C=C/C(=C\N=C)C(CC(=O)O)C(C)C. The number of aliphatic carboxylic acids is 1. The van der Waals surface area contributed by atoms with Gasteiger partial charge in [-0.1, -0.05) is 26.5 Å². The predicted octanol–water partition coefficient (Wildman–Crippen LogP) is 2.50. The van der Waals surface area contributed by atoms with E-state index >= 15 is 0 Å². The van der Waals surface area contributed by atoms with E-state index < -0.39 is 5.97 Å². The first-order chi connectivity index (χ1) is 6.52. The van der Waals surface area contributed by atoms with Crippen LogP contribution in [0.1, 0.15) is 20.3 Å². The van der Waals surface area contributed by atoms with Crippen LogP contribution in [0.4, 0.5) is 0 Å². The fraction of sp³-hybridized carbons (Fsp3) is 0.455. The fourth-order valence-electron chi connectivity index (χ4n) is 1.33. The lowest BCUT2D eigenvalue weighted by Gasteiger charge is -2.19. The van der Waals surface area contributed by atoms with E-state index in [1.54, 1.807) is 12.3 Å². The third-order valence-electron chi connectivity index (χ3n) is 2.10. The van der Waals surface area contributed by atoms with Crippen LogP contribution in [0, 0.1) is 11.8 Å². The highest BCUT2D eigenvalue weighted by molar-refractivity contribution is 5.67. The lowest BCUT2D eigenvalue weighted by molar-refractivity contribution is -0.138. The van der Waals surface area contributed by atoms with Crippen LogP contribution in [0.15, 0.2) is 29.4 Å². The van der Waals surface area contributed by atoms with Gasteiger partial charge in [0.15, 0.2) is 0 Å². The Hall–Kier alpha value is -1.38. The molecule has 3 heteroatoms. The molecule has 0 radical (unpaired) electrons. The van der Waals surface area contributed by atoms with E-state index in [-0.39, 0.29) is 18.3 Å². The van der Waals surface area contributed by atoms with Crippen molar-refractivity contribution in [2.75, 3.05) is 0 Å². The third kappa shape index (κ3) is 4.03. The van der Waals surface area contributed by atoms with E-state index in [9.17, 15) is 4.79 Å². The maximum absolute atomic E-state index is 10.6. The highest BCUT2D eigenvalue weighted by Gasteiger charge is 2.19. The molecule has 0 fully saturated rings. The Labute approximate surface area is 84.9 Å². The number of carboxylic acid groups (broad SMARTS) is 1. The number of allylic oxidation sites excluding steroid dienone is 2. The van der Waals surface area contributed by atoms with E-state index in [0.717, 1.165) is 5.57 Å². The summed E-state index contributed by atoms with van der Waals surface area (Å²) in [5, 5.41) is 8.74. The number of aliphatic imine (C=N–C) groups is 1. The first kappa shape index (κ1) is 12.6. The van der Waals surface area contributed by atoms with E-state index in [2.05, 4.69) is 18.3 Å². The van der Waals surface area contributed by atoms with E-state index in [1.807, 2.05) is 13.8 Å². The summed E-state index contributed by atoms with van der Waals surface area (Å²) in [6.07, 6.45) is 3.31. The van der Waals surface area contributed by atoms with Crippen molar-refractivity contribution >= 4 is 12.7 Å². The molecular weight excluding hydrogens is 178 g/mol.